The number of aromatic nitrogens is 1. The van der Waals surface area contributed by atoms with Gasteiger partial charge in [-0.3, -0.25) is 9.59 Å². The van der Waals surface area contributed by atoms with Crippen LogP contribution in [0.1, 0.15) is 26.3 Å². The lowest BCUT2D eigenvalue weighted by Crippen LogP contribution is -2.18. The highest BCUT2D eigenvalue weighted by Gasteiger charge is 2.16. The van der Waals surface area contributed by atoms with Crippen LogP contribution < -0.4 is 10.6 Å². The van der Waals surface area contributed by atoms with Crippen LogP contribution in [-0.2, 0) is 0 Å². The lowest BCUT2D eigenvalue weighted by molar-refractivity contribution is 0.102. The Morgan fingerprint density at radius 1 is 0.893 bits per heavy atom. The highest BCUT2D eigenvalue weighted by atomic mass is 35.5. The standard InChI is InChI=1S/C20H12Cl2N4O2/c21-14-5-7-17(25-19(27)13-3-1-12(10-23)2-4-13)16(9-14)20(28)26-18-8-6-15(22)11-24-18/h1-9,11H,(H,25,27)(H,24,26,28). The van der Waals surface area contributed by atoms with E-state index in [2.05, 4.69) is 15.6 Å². The van der Waals surface area contributed by atoms with Crippen LogP contribution in [0.5, 0.6) is 0 Å². The van der Waals surface area contributed by atoms with Gasteiger partial charge in [-0.1, -0.05) is 23.2 Å². The minimum Gasteiger partial charge on any atom is -0.321 e. The van der Waals surface area contributed by atoms with Gasteiger partial charge in [0.1, 0.15) is 5.82 Å². The summed E-state index contributed by atoms with van der Waals surface area (Å²) in [6, 6.07) is 15.8. The lowest BCUT2D eigenvalue weighted by atomic mass is 10.1. The van der Waals surface area contributed by atoms with Crippen molar-refractivity contribution < 1.29 is 9.59 Å². The fourth-order valence-electron chi connectivity index (χ4n) is 2.34. The number of nitrogens with one attached hydrogen (secondary N) is 2. The number of hydrogen-bond acceptors (Lipinski definition) is 4. The molecule has 6 nitrogen and oxygen atoms in total. The van der Waals surface area contributed by atoms with Crippen LogP contribution in [0.3, 0.4) is 0 Å². The average molecular weight is 411 g/mol. The Morgan fingerprint density at radius 2 is 1.61 bits per heavy atom. The van der Waals surface area contributed by atoms with Gasteiger partial charge in [0.25, 0.3) is 11.8 Å². The van der Waals surface area contributed by atoms with Crippen molar-refractivity contribution in [1.82, 2.24) is 4.98 Å². The molecule has 3 rings (SSSR count). The summed E-state index contributed by atoms with van der Waals surface area (Å²) in [7, 11) is 0. The maximum atomic E-state index is 12.6. The third kappa shape index (κ3) is 4.65. The zero-order valence-corrected chi connectivity index (χ0v) is 15.8. The fourth-order valence-corrected chi connectivity index (χ4v) is 2.62. The van der Waals surface area contributed by atoms with E-state index in [-0.39, 0.29) is 11.3 Å². The second-order valence-electron chi connectivity index (χ2n) is 5.65. The van der Waals surface area contributed by atoms with Crippen molar-refractivity contribution in [2.24, 2.45) is 0 Å². The number of carbonyl (C=O) groups is 2. The quantitative estimate of drug-likeness (QED) is 0.647. The van der Waals surface area contributed by atoms with E-state index in [0.29, 0.717) is 27.0 Å². The van der Waals surface area contributed by atoms with Crippen molar-refractivity contribution in [2.45, 2.75) is 0 Å². The Morgan fingerprint density at radius 3 is 2.25 bits per heavy atom. The van der Waals surface area contributed by atoms with Crippen LogP contribution in [0, 0.1) is 11.3 Å². The second kappa shape index (κ2) is 8.53. The number of anilines is 2. The normalized spacial score (nSPS) is 10.0. The van der Waals surface area contributed by atoms with E-state index in [1.807, 2.05) is 6.07 Å². The second-order valence-corrected chi connectivity index (χ2v) is 6.52. The van der Waals surface area contributed by atoms with Gasteiger partial charge in [-0.2, -0.15) is 5.26 Å². The number of hydrogen-bond donors (Lipinski definition) is 2. The fraction of sp³-hybridized carbons (Fsp3) is 0. The minimum absolute atomic E-state index is 0.172. The molecular formula is C20H12Cl2N4O2. The van der Waals surface area contributed by atoms with Gasteiger partial charge in [-0.25, -0.2) is 4.98 Å². The molecule has 28 heavy (non-hydrogen) atoms. The molecule has 0 fully saturated rings. The number of benzene rings is 2. The van der Waals surface area contributed by atoms with Gasteiger partial charge in [-0.05, 0) is 54.6 Å². The highest BCUT2D eigenvalue weighted by Crippen LogP contribution is 2.23. The Labute approximate surface area is 170 Å². The van der Waals surface area contributed by atoms with Gasteiger partial charge in [0.05, 0.1) is 27.9 Å². The molecule has 0 unspecified atom stereocenters. The van der Waals surface area contributed by atoms with Crippen LogP contribution in [-0.4, -0.2) is 16.8 Å². The zero-order chi connectivity index (χ0) is 20.1. The lowest BCUT2D eigenvalue weighted by Gasteiger charge is -2.12. The van der Waals surface area contributed by atoms with Gasteiger partial charge < -0.3 is 10.6 Å². The largest absolute Gasteiger partial charge is 0.321 e. The molecule has 0 saturated carbocycles. The Kier molecular flexibility index (Phi) is 5.90. The van der Waals surface area contributed by atoms with Crippen molar-refractivity contribution in [3.05, 3.63) is 87.5 Å². The van der Waals surface area contributed by atoms with Gasteiger partial charge >= 0.3 is 0 Å². The third-order valence-corrected chi connectivity index (χ3v) is 4.18. The van der Waals surface area contributed by atoms with Gasteiger partial charge in [0.15, 0.2) is 0 Å². The molecule has 0 aliphatic heterocycles. The van der Waals surface area contributed by atoms with Crippen molar-refractivity contribution in [2.75, 3.05) is 10.6 Å². The van der Waals surface area contributed by atoms with Gasteiger partial charge in [-0.15, -0.1) is 0 Å². The summed E-state index contributed by atoms with van der Waals surface area (Å²) in [6.07, 6.45) is 1.41. The molecular weight excluding hydrogens is 399 g/mol. The summed E-state index contributed by atoms with van der Waals surface area (Å²) < 4.78 is 0. The van der Waals surface area contributed by atoms with Gasteiger partial charge in [0, 0.05) is 16.8 Å². The molecule has 0 aliphatic carbocycles. The molecule has 1 heterocycles. The molecule has 3 aromatic rings. The maximum Gasteiger partial charge on any atom is 0.258 e. The molecule has 2 N–H and O–H groups in total. The molecule has 0 radical (unpaired) electrons. The predicted octanol–water partition coefficient (Wildman–Crippen LogP) is 4.76. The van der Waals surface area contributed by atoms with Crippen molar-refractivity contribution >= 4 is 46.5 Å². The summed E-state index contributed by atoms with van der Waals surface area (Å²) in [5, 5.41) is 14.9. The number of halogens is 2. The molecule has 2 amide bonds. The molecule has 0 saturated heterocycles. The minimum atomic E-state index is -0.493. The summed E-state index contributed by atoms with van der Waals surface area (Å²) in [4.78, 5) is 29.1. The van der Waals surface area contributed by atoms with Crippen molar-refractivity contribution in [3.63, 3.8) is 0 Å². The summed E-state index contributed by atoms with van der Waals surface area (Å²) in [6.45, 7) is 0. The Bertz CT molecular complexity index is 1070. The van der Waals surface area contributed by atoms with Gasteiger partial charge in [0.2, 0.25) is 0 Å². The van der Waals surface area contributed by atoms with E-state index in [1.165, 1.54) is 42.6 Å². The molecule has 0 aliphatic rings. The first-order valence-corrected chi connectivity index (χ1v) is 8.76. The smallest absolute Gasteiger partial charge is 0.258 e. The molecule has 138 valence electrons. The molecule has 0 spiro atoms. The van der Waals surface area contributed by atoms with Crippen LogP contribution in [0.2, 0.25) is 10.0 Å². The zero-order valence-electron chi connectivity index (χ0n) is 14.2. The molecule has 1 aromatic heterocycles. The topological polar surface area (TPSA) is 94.9 Å². The Balaban J connectivity index is 1.83. The van der Waals surface area contributed by atoms with Crippen LogP contribution in [0.4, 0.5) is 11.5 Å². The number of carbonyl (C=O) groups excluding carboxylic acids is 2. The van der Waals surface area contributed by atoms with E-state index in [9.17, 15) is 9.59 Å². The van der Waals surface area contributed by atoms with Crippen LogP contribution >= 0.6 is 23.2 Å². The van der Waals surface area contributed by atoms with E-state index in [0.717, 1.165) is 0 Å². The first-order chi connectivity index (χ1) is 13.5. The van der Waals surface area contributed by atoms with Crippen molar-refractivity contribution in [1.29, 1.82) is 5.26 Å². The van der Waals surface area contributed by atoms with Crippen LogP contribution in [0.15, 0.2) is 60.8 Å². The van der Waals surface area contributed by atoms with E-state index in [1.54, 1.807) is 18.2 Å². The first-order valence-electron chi connectivity index (χ1n) is 8.00. The number of amides is 2. The van der Waals surface area contributed by atoms with Crippen LogP contribution in [0.25, 0.3) is 0 Å². The number of rotatable bonds is 4. The average Bonchev–Trinajstić information content (AvgIpc) is 2.71. The SMILES string of the molecule is N#Cc1ccc(C(=O)Nc2ccc(Cl)cc2C(=O)Nc2ccc(Cl)cn2)cc1. The number of nitriles is 1. The third-order valence-electron chi connectivity index (χ3n) is 3.72. The number of pyridine rings is 1. The van der Waals surface area contributed by atoms with E-state index in [4.69, 9.17) is 28.5 Å². The summed E-state index contributed by atoms with van der Waals surface area (Å²) in [5.74, 6) is -0.614. The highest BCUT2D eigenvalue weighted by molar-refractivity contribution is 6.31. The molecule has 0 bridgehead atoms. The Hall–Kier alpha value is -3.40. The number of nitrogens with zero attached hydrogens (tertiary/aromatic N) is 2. The van der Waals surface area contributed by atoms with E-state index >= 15 is 0 Å². The predicted molar refractivity (Wildman–Crippen MR) is 108 cm³/mol. The van der Waals surface area contributed by atoms with E-state index < -0.39 is 11.8 Å². The molecule has 0 atom stereocenters. The molecule has 8 heteroatoms. The maximum absolute atomic E-state index is 12.6. The molecule has 2 aromatic carbocycles. The van der Waals surface area contributed by atoms with Crippen molar-refractivity contribution in [3.8, 4) is 6.07 Å². The monoisotopic (exact) mass is 410 g/mol. The summed E-state index contributed by atoms with van der Waals surface area (Å²) >= 11 is 11.8. The summed E-state index contributed by atoms with van der Waals surface area (Å²) in [5.41, 5.74) is 1.25. The first kappa shape index (κ1) is 19.4.